The third kappa shape index (κ3) is 7.20. The summed E-state index contributed by atoms with van der Waals surface area (Å²) in [6.07, 6.45) is 9.79. The smallest absolute Gasteiger partial charge is 0.414 e. The molecule has 2 heterocycles. The van der Waals surface area contributed by atoms with Gasteiger partial charge in [-0.15, -0.1) is 0 Å². The summed E-state index contributed by atoms with van der Waals surface area (Å²) in [4.78, 5) is 35.9. The maximum atomic E-state index is 12.0. The van der Waals surface area contributed by atoms with Crippen LogP contribution in [0.25, 0.3) is 0 Å². The molecule has 2 aliphatic heterocycles. The number of rotatable bonds is 9. The average Bonchev–Trinajstić information content (AvgIpc) is 3.24. The quantitative estimate of drug-likeness (QED) is 0.320. The number of thioether (sulfide) groups is 1. The molecule has 8 nitrogen and oxygen atoms in total. The minimum atomic E-state index is -1.82. The fraction of sp³-hybridized carbons (Fsp3) is 0.500. The highest BCUT2D eigenvalue weighted by atomic mass is 32.2. The molecule has 0 aromatic heterocycles. The number of aliphatic carboxylic acids is 2. The van der Waals surface area contributed by atoms with Crippen LogP contribution in [-0.4, -0.2) is 45.2 Å². The molecule has 170 valence electrons. The average molecular weight is 451 g/mol. The van der Waals surface area contributed by atoms with E-state index in [0.29, 0.717) is 13.2 Å². The molecule has 0 fully saturated rings. The first-order valence-corrected chi connectivity index (χ1v) is 11.3. The molecule has 1 aromatic carbocycles. The van der Waals surface area contributed by atoms with Crippen molar-refractivity contribution in [2.45, 2.75) is 69.2 Å². The number of para-hydroxylation sites is 1. The van der Waals surface area contributed by atoms with E-state index < -0.39 is 11.9 Å². The van der Waals surface area contributed by atoms with Crippen molar-refractivity contribution >= 4 is 35.4 Å². The molecule has 0 aliphatic carbocycles. The molecular weight excluding hydrogens is 420 g/mol. The number of fused-ring (bicyclic) bond motifs is 3. The molecule has 2 N–H and O–H groups in total. The molecule has 0 radical (unpaired) electrons. The number of carboxylic acids is 2. The molecule has 0 saturated carbocycles. The van der Waals surface area contributed by atoms with Crippen molar-refractivity contribution < 1.29 is 29.3 Å². The highest BCUT2D eigenvalue weighted by molar-refractivity contribution is 8.00. The minimum absolute atomic E-state index is 0.0812. The van der Waals surface area contributed by atoms with E-state index in [0.717, 1.165) is 18.5 Å². The first-order valence-electron chi connectivity index (χ1n) is 10.5. The SMILES string of the molecule is CCCCCCCCC(=O)OCN1C(C)=CN2c3ccccc3SC12.O=C(O)C(=O)O. The van der Waals surface area contributed by atoms with E-state index in [9.17, 15) is 4.79 Å². The van der Waals surface area contributed by atoms with E-state index in [2.05, 4.69) is 54.1 Å². The van der Waals surface area contributed by atoms with Crippen LogP contribution < -0.4 is 4.90 Å². The summed E-state index contributed by atoms with van der Waals surface area (Å²) in [5.41, 5.74) is 2.54. The lowest BCUT2D eigenvalue weighted by molar-refractivity contribution is -0.159. The first kappa shape index (κ1) is 24.6. The minimum Gasteiger partial charge on any atom is -0.473 e. The van der Waals surface area contributed by atoms with Crippen molar-refractivity contribution in [1.29, 1.82) is 0 Å². The summed E-state index contributed by atoms with van der Waals surface area (Å²) in [6.45, 7) is 4.62. The van der Waals surface area contributed by atoms with Gasteiger partial charge in [-0.1, -0.05) is 62.9 Å². The Kier molecular flexibility index (Phi) is 9.71. The topological polar surface area (TPSA) is 107 Å². The summed E-state index contributed by atoms with van der Waals surface area (Å²) in [5.74, 6) is -3.73. The summed E-state index contributed by atoms with van der Waals surface area (Å²) in [5, 5.41) is 14.8. The second kappa shape index (κ2) is 12.2. The normalized spacial score (nSPS) is 16.1. The number of esters is 1. The van der Waals surface area contributed by atoms with Crippen LogP contribution in [0, 0.1) is 0 Å². The largest absolute Gasteiger partial charge is 0.473 e. The molecule has 9 heteroatoms. The molecule has 3 rings (SSSR count). The number of allylic oxidation sites excluding steroid dienone is 1. The molecule has 1 unspecified atom stereocenters. The number of nitrogens with zero attached hydrogens (tertiary/aromatic N) is 2. The van der Waals surface area contributed by atoms with Gasteiger partial charge in [-0.3, -0.25) is 4.79 Å². The van der Waals surface area contributed by atoms with Gasteiger partial charge in [0, 0.05) is 23.2 Å². The number of carbonyl (C=O) groups excluding carboxylic acids is 1. The number of hydrogen-bond donors (Lipinski definition) is 2. The van der Waals surface area contributed by atoms with E-state index in [-0.39, 0.29) is 11.5 Å². The lowest BCUT2D eigenvalue weighted by Gasteiger charge is -2.27. The molecule has 31 heavy (non-hydrogen) atoms. The summed E-state index contributed by atoms with van der Waals surface area (Å²) >= 11 is 1.81. The number of carbonyl (C=O) groups is 3. The molecule has 0 amide bonds. The fourth-order valence-corrected chi connectivity index (χ4v) is 4.61. The third-order valence-corrected chi connectivity index (χ3v) is 6.23. The van der Waals surface area contributed by atoms with Crippen LogP contribution in [0.5, 0.6) is 0 Å². The highest BCUT2D eigenvalue weighted by Crippen LogP contribution is 2.48. The zero-order chi connectivity index (χ0) is 22.8. The van der Waals surface area contributed by atoms with Gasteiger partial charge >= 0.3 is 17.9 Å². The maximum Gasteiger partial charge on any atom is 0.414 e. The van der Waals surface area contributed by atoms with Crippen LogP contribution in [0.1, 0.15) is 58.8 Å². The molecule has 2 aliphatic rings. The Labute approximate surface area is 186 Å². The Bertz CT molecular complexity index is 801. The first-order chi connectivity index (χ1) is 14.8. The number of benzene rings is 1. The second-order valence-corrected chi connectivity index (χ2v) is 8.43. The summed E-state index contributed by atoms with van der Waals surface area (Å²) in [6, 6.07) is 8.41. The van der Waals surface area contributed by atoms with Crippen LogP contribution in [0.15, 0.2) is 41.1 Å². The van der Waals surface area contributed by atoms with E-state index >= 15 is 0 Å². The summed E-state index contributed by atoms with van der Waals surface area (Å²) < 4.78 is 5.54. The van der Waals surface area contributed by atoms with Crippen LogP contribution in [0.4, 0.5) is 5.69 Å². The van der Waals surface area contributed by atoms with Gasteiger partial charge in [0.2, 0.25) is 0 Å². The van der Waals surface area contributed by atoms with Crippen molar-refractivity contribution in [2.75, 3.05) is 11.6 Å². The highest BCUT2D eigenvalue weighted by Gasteiger charge is 2.38. The number of anilines is 1. The van der Waals surface area contributed by atoms with Crippen molar-refractivity contribution in [3.8, 4) is 0 Å². The van der Waals surface area contributed by atoms with Gasteiger partial charge in [0.25, 0.3) is 0 Å². The lowest BCUT2D eigenvalue weighted by atomic mass is 10.1. The van der Waals surface area contributed by atoms with Gasteiger partial charge in [0.05, 0.1) is 5.69 Å². The van der Waals surface area contributed by atoms with Gasteiger partial charge in [0.1, 0.15) is 0 Å². The van der Waals surface area contributed by atoms with Crippen LogP contribution in [0.2, 0.25) is 0 Å². The molecule has 0 saturated heterocycles. The number of hydrogen-bond acceptors (Lipinski definition) is 7. The molecule has 0 spiro atoms. The second-order valence-electron chi connectivity index (χ2n) is 7.33. The van der Waals surface area contributed by atoms with Gasteiger partial charge in [-0.25, -0.2) is 9.59 Å². The van der Waals surface area contributed by atoms with E-state index in [1.807, 2.05) is 11.8 Å². The van der Waals surface area contributed by atoms with Crippen LogP contribution >= 0.6 is 11.8 Å². The standard InChI is InChI=1S/C20H28N2O2S.C2H2O4/c1-3-4-5-6-7-8-13-19(23)24-15-22-16(2)14-21-17-11-9-10-12-18(17)25-20(21)22;3-1(4)2(5)6/h9-12,14,20H,3-8,13,15H2,1-2H3;(H,3,4)(H,5,6). The zero-order valence-corrected chi connectivity index (χ0v) is 18.8. The van der Waals surface area contributed by atoms with Crippen molar-refractivity contribution in [2.24, 2.45) is 0 Å². The van der Waals surface area contributed by atoms with Gasteiger partial charge < -0.3 is 24.7 Å². The predicted octanol–water partition coefficient (Wildman–Crippen LogP) is 4.47. The zero-order valence-electron chi connectivity index (χ0n) is 18.0. The maximum absolute atomic E-state index is 12.0. The number of ether oxygens (including phenoxy) is 1. The van der Waals surface area contributed by atoms with Gasteiger partial charge in [-0.2, -0.15) is 0 Å². The number of carboxylic acid groups (broad SMARTS) is 2. The third-order valence-electron chi connectivity index (χ3n) is 4.94. The van der Waals surface area contributed by atoms with E-state index in [4.69, 9.17) is 24.5 Å². The molecule has 1 atom stereocenters. The van der Waals surface area contributed by atoms with E-state index in [1.165, 1.54) is 36.3 Å². The lowest BCUT2D eigenvalue weighted by Crippen LogP contribution is -2.36. The Morgan fingerprint density at radius 2 is 1.68 bits per heavy atom. The fourth-order valence-electron chi connectivity index (χ4n) is 3.29. The summed E-state index contributed by atoms with van der Waals surface area (Å²) in [7, 11) is 0. The Morgan fingerprint density at radius 1 is 1.03 bits per heavy atom. The van der Waals surface area contributed by atoms with Crippen molar-refractivity contribution in [1.82, 2.24) is 4.90 Å². The Morgan fingerprint density at radius 3 is 2.35 bits per heavy atom. The number of unbranched alkanes of at least 4 members (excludes halogenated alkanes) is 5. The van der Waals surface area contributed by atoms with Crippen LogP contribution in [-0.2, 0) is 19.1 Å². The van der Waals surface area contributed by atoms with E-state index in [1.54, 1.807) is 0 Å². The van der Waals surface area contributed by atoms with Gasteiger partial charge in [-0.05, 0) is 25.5 Å². The van der Waals surface area contributed by atoms with Crippen molar-refractivity contribution in [3.63, 3.8) is 0 Å². The predicted molar refractivity (Wildman–Crippen MR) is 118 cm³/mol. The Hall–Kier alpha value is -2.68. The Balaban J connectivity index is 0.000000501. The van der Waals surface area contributed by atoms with Crippen molar-refractivity contribution in [3.05, 3.63) is 36.2 Å². The van der Waals surface area contributed by atoms with Gasteiger partial charge in [0.15, 0.2) is 12.2 Å². The van der Waals surface area contributed by atoms with Crippen LogP contribution in [0.3, 0.4) is 0 Å². The molecular formula is C22H30N2O6S. The molecule has 1 aromatic rings. The molecule has 0 bridgehead atoms. The monoisotopic (exact) mass is 450 g/mol.